The molecule has 0 spiro atoms. The van der Waals surface area contributed by atoms with Crippen molar-refractivity contribution in [1.82, 2.24) is 9.97 Å². The lowest BCUT2D eigenvalue weighted by molar-refractivity contribution is -0.384. The summed E-state index contributed by atoms with van der Waals surface area (Å²) in [6, 6.07) is 10.5. The van der Waals surface area contributed by atoms with E-state index in [0.717, 1.165) is 0 Å². The number of anilines is 2. The molecule has 0 aliphatic rings. The fraction of sp³-hybridized carbons (Fsp3) is 0.118. The van der Waals surface area contributed by atoms with Crippen LogP contribution in [0.2, 0.25) is 0 Å². The number of aromatic nitrogens is 2. The average molecular weight is 354 g/mol. The number of phenolic OH excluding ortho intramolecular Hbond substituents is 1. The molecule has 1 aromatic heterocycles. The fourth-order valence-corrected chi connectivity index (χ4v) is 2.32. The van der Waals surface area contributed by atoms with Gasteiger partial charge in [0.15, 0.2) is 0 Å². The summed E-state index contributed by atoms with van der Waals surface area (Å²) >= 11 is 0. The summed E-state index contributed by atoms with van der Waals surface area (Å²) in [5.41, 5.74) is 0.366. The van der Waals surface area contributed by atoms with Gasteiger partial charge in [-0.1, -0.05) is 12.1 Å². The van der Waals surface area contributed by atoms with Crippen LogP contribution in [0.3, 0.4) is 0 Å². The normalized spacial score (nSPS) is 10.5. The SMILES string of the molecule is CCOC(=O)c1nc(Nc2cc([N+](=O)[O-])ccc2O)c2ccccc2n1. The van der Waals surface area contributed by atoms with Crippen molar-refractivity contribution >= 4 is 34.1 Å². The van der Waals surface area contributed by atoms with Gasteiger partial charge < -0.3 is 15.2 Å². The molecule has 0 aliphatic carbocycles. The lowest BCUT2D eigenvalue weighted by atomic mass is 10.2. The zero-order valence-electron chi connectivity index (χ0n) is 13.7. The molecule has 0 fully saturated rings. The molecule has 0 bridgehead atoms. The van der Waals surface area contributed by atoms with E-state index in [2.05, 4.69) is 15.3 Å². The molecule has 2 N–H and O–H groups in total. The van der Waals surface area contributed by atoms with Crippen molar-refractivity contribution in [3.05, 3.63) is 58.4 Å². The maximum absolute atomic E-state index is 12.0. The second kappa shape index (κ2) is 7.01. The Morgan fingerprint density at radius 1 is 1.27 bits per heavy atom. The Labute approximate surface area is 147 Å². The number of nitro benzene ring substituents is 1. The number of carbonyl (C=O) groups excluding carboxylic acids is 1. The van der Waals surface area contributed by atoms with E-state index in [-0.39, 0.29) is 35.4 Å². The van der Waals surface area contributed by atoms with Crippen molar-refractivity contribution in [3.8, 4) is 5.75 Å². The highest BCUT2D eigenvalue weighted by Gasteiger charge is 2.17. The molecule has 3 rings (SSSR count). The third-order valence-corrected chi connectivity index (χ3v) is 3.51. The largest absolute Gasteiger partial charge is 0.506 e. The first-order valence-electron chi connectivity index (χ1n) is 7.68. The molecule has 0 saturated carbocycles. The number of aromatic hydroxyl groups is 1. The Balaban J connectivity index is 2.11. The molecule has 0 atom stereocenters. The summed E-state index contributed by atoms with van der Waals surface area (Å²) in [6.45, 7) is 1.84. The standard InChI is InChI=1S/C17H14N4O5/c1-2-26-17(23)16-18-12-6-4-3-5-11(12)15(20-16)19-13-9-10(21(24)25)7-8-14(13)22/h3-9,22H,2H2,1H3,(H,18,19,20). The van der Waals surface area contributed by atoms with E-state index in [4.69, 9.17) is 4.74 Å². The first-order valence-corrected chi connectivity index (χ1v) is 7.68. The number of nitrogens with one attached hydrogen (secondary N) is 1. The maximum atomic E-state index is 12.0. The van der Waals surface area contributed by atoms with E-state index < -0.39 is 10.9 Å². The number of nitrogens with zero attached hydrogens (tertiary/aromatic N) is 3. The molecule has 9 heteroatoms. The molecular weight excluding hydrogens is 340 g/mol. The Morgan fingerprint density at radius 2 is 2.04 bits per heavy atom. The minimum Gasteiger partial charge on any atom is -0.506 e. The maximum Gasteiger partial charge on any atom is 0.376 e. The molecule has 0 aliphatic heterocycles. The van der Waals surface area contributed by atoms with Gasteiger partial charge in [-0.15, -0.1) is 0 Å². The summed E-state index contributed by atoms with van der Waals surface area (Å²) < 4.78 is 4.93. The number of nitro groups is 1. The van der Waals surface area contributed by atoms with E-state index in [1.807, 2.05) is 0 Å². The average Bonchev–Trinajstić information content (AvgIpc) is 2.63. The van der Waals surface area contributed by atoms with Gasteiger partial charge in [0.25, 0.3) is 5.69 Å². The fourth-order valence-electron chi connectivity index (χ4n) is 2.32. The number of ether oxygens (including phenoxy) is 1. The van der Waals surface area contributed by atoms with Gasteiger partial charge in [0.05, 0.1) is 22.7 Å². The van der Waals surface area contributed by atoms with Crippen LogP contribution < -0.4 is 5.32 Å². The van der Waals surface area contributed by atoms with Crippen molar-refractivity contribution < 1.29 is 19.6 Å². The van der Waals surface area contributed by atoms with Crippen LogP contribution >= 0.6 is 0 Å². The number of para-hydroxylation sites is 1. The van der Waals surface area contributed by atoms with Gasteiger partial charge in [-0.2, -0.15) is 0 Å². The number of phenols is 1. The van der Waals surface area contributed by atoms with Gasteiger partial charge in [0, 0.05) is 17.5 Å². The van der Waals surface area contributed by atoms with Gasteiger partial charge in [0.1, 0.15) is 11.6 Å². The number of benzene rings is 2. The molecule has 26 heavy (non-hydrogen) atoms. The minimum absolute atomic E-state index is 0.0814. The van der Waals surface area contributed by atoms with Crippen LogP contribution in [0.25, 0.3) is 10.9 Å². The molecule has 2 aromatic carbocycles. The van der Waals surface area contributed by atoms with Crippen molar-refractivity contribution in [2.45, 2.75) is 6.92 Å². The summed E-state index contributed by atoms with van der Waals surface area (Å²) in [4.78, 5) is 30.7. The van der Waals surface area contributed by atoms with Crippen molar-refractivity contribution in [2.24, 2.45) is 0 Å². The molecule has 0 unspecified atom stereocenters. The lowest BCUT2D eigenvalue weighted by Gasteiger charge is -2.11. The molecular formula is C17H14N4O5. The number of fused-ring (bicyclic) bond motifs is 1. The second-order valence-corrected chi connectivity index (χ2v) is 5.22. The second-order valence-electron chi connectivity index (χ2n) is 5.22. The van der Waals surface area contributed by atoms with Gasteiger partial charge in [-0.3, -0.25) is 10.1 Å². The lowest BCUT2D eigenvalue weighted by Crippen LogP contribution is -2.11. The van der Waals surface area contributed by atoms with E-state index >= 15 is 0 Å². The Bertz CT molecular complexity index is 1010. The van der Waals surface area contributed by atoms with E-state index in [1.54, 1.807) is 31.2 Å². The molecule has 0 radical (unpaired) electrons. The Kier molecular flexibility index (Phi) is 4.61. The summed E-state index contributed by atoms with van der Waals surface area (Å²) in [7, 11) is 0. The third kappa shape index (κ3) is 3.36. The number of esters is 1. The van der Waals surface area contributed by atoms with Gasteiger partial charge in [-0.25, -0.2) is 14.8 Å². The van der Waals surface area contributed by atoms with Crippen LogP contribution in [0.4, 0.5) is 17.2 Å². The van der Waals surface area contributed by atoms with Crippen molar-refractivity contribution in [2.75, 3.05) is 11.9 Å². The molecule has 1 heterocycles. The summed E-state index contributed by atoms with van der Waals surface area (Å²) in [6.07, 6.45) is 0. The quantitative estimate of drug-likeness (QED) is 0.309. The predicted octanol–water partition coefficient (Wildman–Crippen LogP) is 3.16. The Hall–Kier alpha value is -3.75. The van der Waals surface area contributed by atoms with Gasteiger partial charge in [0.2, 0.25) is 5.82 Å². The van der Waals surface area contributed by atoms with Gasteiger partial charge >= 0.3 is 5.97 Å². The van der Waals surface area contributed by atoms with Crippen LogP contribution in [0.15, 0.2) is 42.5 Å². The summed E-state index contributed by atoms with van der Waals surface area (Å²) in [5, 5.41) is 24.4. The Morgan fingerprint density at radius 3 is 2.77 bits per heavy atom. The van der Waals surface area contributed by atoms with Crippen LogP contribution in [-0.2, 0) is 4.74 Å². The third-order valence-electron chi connectivity index (χ3n) is 3.51. The van der Waals surface area contributed by atoms with E-state index in [0.29, 0.717) is 10.9 Å². The van der Waals surface area contributed by atoms with Crippen molar-refractivity contribution in [1.29, 1.82) is 0 Å². The monoisotopic (exact) mass is 354 g/mol. The number of hydrogen-bond acceptors (Lipinski definition) is 8. The minimum atomic E-state index is -0.690. The predicted molar refractivity (Wildman–Crippen MR) is 93.5 cm³/mol. The zero-order chi connectivity index (χ0) is 18.7. The molecule has 3 aromatic rings. The van der Waals surface area contributed by atoms with Crippen LogP contribution in [0, 0.1) is 10.1 Å². The highest BCUT2D eigenvalue weighted by Crippen LogP contribution is 2.32. The summed E-state index contributed by atoms with van der Waals surface area (Å²) in [5.74, 6) is -0.826. The number of hydrogen-bond donors (Lipinski definition) is 2. The molecule has 9 nitrogen and oxygen atoms in total. The number of rotatable bonds is 5. The highest BCUT2D eigenvalue weighted by molar-refractivity contribution is 5.95. The van der Waals surface area contributed by atoms with Crippen LogP contribution in [0.5, 0.6) is 5.75 Å². The van der Waals surface area contributed by atoms with Crippen LogP contribution in [0.1, 0.15) is 17.5 Å². The number of non-ortho nitro benzene ring substituents is 1. The molecule has 0 amide bonds. The zero-order valence-corrected chi connectivity index (χ0v) is 13.7. The van der Waals surface area contributed by atoms with Crippen LogP contribution in [-0.4, -0.2) is 32.6 Å². The first kappa shape index (κ1) is 17.1. The topological polar surface area (TPSA) is 127 Å². The first-order chi connectivity index (χ1) is 12.5. The van der Waals surface area contributed by atoms with Gasteiger partial charge in [-0.05, 0) is 25.1 Å². The molecule has 0 saturated heterocycles. The number of carbonyl (C=O) groups is 1. The smallest absolute Gasteiger partial charge is 0.376 e. The van der Waals surface area contributed by atoms with Crippen molar-refractivity contribution in [3.63, 3.8) is 0 Å². The molecule has 132 valence electrons. The highest BCUT2D eigenvalue weighted by atomic mass is 16.6. The van der Waals surface area contributed by atoms with E-state index in [9.17, 15) is 20.0 Å². The van der Waals surface area contributed by atoms with E-state index in [1.165, 1.54) is 18.2 Å².